The molecule has 0 saturated heterocycles. The molecule has 3 N–H and O–H groups in total. The maximum Gasteiger partial charge on any atom is 0.323 e. The largest absolute Gasteiger partial charge is 0.480 e. The van der Waals surface area contributed by atoms with Crippen LogP contribution in [0.3, 0.4) is 0 Å². The van der Waals surface area contributed by atoms with Gasteiger partial charge < -0.3 is 20.4 Å². The van der Waals surface area contributed by atoms with Gasteiger partial charge in [0.2, 0.25) is 0 Å². The fourth-order valence-corrected chi connectivity index (χ4v) is 5.67. The molecule has 0 atom stereocenters. The maximum absolute atomic E-state index is 12.1. The van der Waals surface area contributed by atoms with E-state index in [4.69, 9.17) is 5.11 Å². The predicted molar refractivity (Wildman–Crippen MR) is 84.9 cm³/mol. The van der Waals surface area contributed by atoms with E-state index in [1.807, 2.05) is 0 Å². The number of aliphatic hydroxyl groups is 1. The summed E-state index contributed by atoms with van der Waals surface area (Å²) in [6.45, 7) is 0.398. The first-order valence-electron chi connectivity index (χ1n) is 8.85. The molecule has 4 rings (SSSR count). The number of amides is 2. The number of rotatable bonds is 7. The monoisotopic (exact) mass is 324 g/mol. The molecule has 0 heterocycles. The summed E-state index contributed by atoms with van der Waals surface area (Å²) in [5.74, 6) is 1.60. The Morgan fingerprint density at radius 3 is 2.09 bits per heavy atom. The lowest BCUT2D eigenvalue weighted by Crippen LogP contribution is -2.49. The molecule has 23 heavy (non-hydrogen) atoms. The normalized spacial score (nSPS) is 34.4. The highest BCUT2D eigenvalue weighted by molar-refractivity contribution is 5.79. The zero-order valence-corrected chi connectivity index (χ0v) is 13.7. The number of urea groups is 1. The number of aliphatic carboxylic acids is 1. The average Bonchev–Trinajstić information content (AvgIpc) is 2.47. The topological polar surface area (TPSA) is 89.9 Å². The highest BCUT2D eigenvalue weighted by Gasteiger charge is 2.50. The summed E-state index contributed by atoms with van der Waals surface area (Å²) in [6, 6.07) is -0.383. The SMILES string of the molecule is O=C(O)CNC(=O)N(CCO)CCC12CC3CC(CC(C3)C1)C2. The third-order valence-corrected chi connectivity index (χ3v) is 6.13. The molecule has 0 aromatic carbocycles. The van der Waals surface area contributed by atoms with Crippen LogP contribution in [0, 0.1) is 23.2 Å². The highest BCUT2D eigenvalue weighted by atomic mass is 16.4. The van der Waals surface area contributed by atoms with Crippen molar-refractivity contribution in [3.63, 3.8) is 0 Å². The lowest BCUT2D eigenvalue weighted by atomic mass is 9.49. The quantitative estimate of drug-likeness (QED) is 0.664. The minimum atomic E-state index is -1.05. The van der Waals surface area contributed by atoms with Crippen molar-refractivity contribution in [1.29, 1.82) is 0 Å². The molecule has 4 fully saturated rings. The van der Waals surface area contributed by atoms with E-state index < -0.39 is 5.97 Å². The first kappa shape index (κ1) is 16.6. The van der Waals surface area contributed by atoms with Gasteiger partial charge in [-0.25, -0.2) is 4.79 Å². The van der Waals surface area contributed by atoms with Gasteiger partial charge in [-0.15, -0.1) is 0 Å². The maximum atomic E-state index is 12.1. The molecule has 2 amide bonds. The Hall–Kier alpha value is -1.30. The van der Waals surface area contributed by atoms with E-state index in [1.165, 1.54) is 38.5 Å². The van der Waals surface area contributed by atoms with E-state index in [1.54, 1.807) is 4.90 Å². The lowest BCUT2D eigenvalue weighted by Gasteiger charge is -2.57. The second kappa shape index (κ2) is 6.67. The van der Waals surface area contributed by atoms with Crippen LogP contribution in [0.25, 0.3) is 0 Å². The number of carbonyl (C=O) groups is 2. The van der Waals surface area contributed by atoms with Crippen molar-refractivity contribution in [3.05, 3.63) is 0 Å². The van der Waals surface area contributed by atoms with Gasteiger partial charge in [0, 0.05) is 13.1 Å². The second-order valence-corrected chi connectivity index (χ2v) is 7.93. The molecule has 130 valence electrons. The number of hydrogen-bond acceptors (Lipinski definition) is 3. The van der Waals surface area contributed by atoms with Crippen LogP contribution < -0.4 is 5.32 Å². The van der Waals surface area contributed by atoms with Crippen molar-refractivity contribution in [1.82, 2.24) is 10.2 Å². The molecule has 4 aliphatic rings. The van der Waals surface area contributed by atoms with Crippen LogP contribution in [0.5, 0.6) is 0 Å². The molecule has 6 heteroatoms. The van der Waals surface area contributed by atoms with Gasteiger partial charge in [-0.3, -0.25) is 4.79 Å². The summed E-state index contributed by atoms with van der Waals surface area (Å²) >= 11 is 0. The Kier molecular flexibility index (Phi) is 4.80. The Balaban J connectivity index is 1.56. The molecule has 0 radical (unpaired) electrons. The van der Waals surface area contributed by atoms with Gasteiger partial charge in [0.25, 0.3) is 0 Å². The smallest absolute Gasteiger partial charge is 0.323 e. The van der Waals surface area contributed by atoms with E-state index in [0.717, 1.165) is 24.2 Å². The standard InChI is InChI=1S/C17H28N2O4/c20-4-3-19(16(23)18-11-15(21)22)2-1-17-8-12-5-13(9-17)7-14(6-12)10-17/h12-14,20H,1-11H2,(H,18,23)(H,21,22). The van der Waals surface area contributed by atoms with E-state index in [0.29, 0.717) is 12.0 Å². The summed E-state index contributed by atoms with van der Waals surface area (Å²) in [4.78, 5) is 24.3. The molecule has 4 saturated carbocycles. The molecule has 0 spiro atoms. The van der Waals surface area contributed by atoms with Crippen molar-refractivity contribution in [3.8, 4) is 0 Å². The summed E-state index contributed by atoms with van der Waals surface area (Å²) in [6.07, 6.45) is 9.07. The van der Waals surface area contributed by atoms with Crippen LogP contribution in [-0.2, 0) is 4.79 Å². The highest BCUT2D eigenvalue weighted by Crippen LogP contribution is 2.61. The van der Waals surface area contributed by atoms with Crippen LogP contribution in [0.1, 0.15) is 44.9 Å². The van der Waals surface area contributed by atoms with Gasteiger partial charge >= 0.3 is 12.0 Å². The number of carboxylic acids is 1. The van der Waals surface area contributed by atoms with Gasteiger partial charge in [-0.1, -0.05) is 0 Å². The van der Waals surface area contributed by atoms with Crippen LogP contribution >= 0.6 is 0 Å². The second-order valence-electron chi connectivity index (χ2n) is 7.93. The lowest BCUT2D eigenvalue weighted by molar-refractivity contribution is -0.135. The molecular weight excluding hydrogens is 296 g/mol. The Morgan fingerprint density at radius 2 is 1.61 bits per heavy atom. The minimum absolute atomic E-state index is 0.0959. The van der Waals surface area contributed by atoms with Gasteiger partial charge in [-0.2, -0.15) is 0 Å². The number of nitrogens with one attached hydrogen (secondary N) is 1. The third-order valence-electron chi connectivity index (χ3n) is 6.13. The van der Waals surface area contributed by atoms with E-state index >= 15 is 0 Å². The van der Waals surface area contributed by atoms with Crippen LogP contribution in [0.2, 0.25) is 0 Å². The fraction of sp³-hybridized carbons (Fsp3) is 0.882. The van der Waals surface area contributed by atoms with Crippen molar-refractivity contribution < 1.29 is 19.8 Å². The molecule has 4 aliphatic carbocycles. The summed E-state index contributed by atoms with van der Waals surface area (Å²) in [5.41, 5.74) is 0.384. The number of carboxylic acid groups (broad SMARTS) is 1. The molecule has 0 aromatic heterocycles. The fourth-order valence-electron chi connectivity index (χ4n) is 5.67. The van der Waals surface area contributed by atoms with Crippen molar-refractivity contribution >= 4 is 12.0 Å². The summed E-state index contributed by atoms with van der Waals surface area (Å²) in [7, 11) is 0. The van der Waals surface area contributed by atoms with E-state index in [9.17, 15) is 14.7 Å². The predicted octanol–water partition coefficient (Wildman–Crippen LogP) is 1.68. The third kappa shape index (κ3) is 3.79. The zero-order chi connectivity index (χ0) is 16.4. The van der Waals surface area contributed by atoms with E-state index in [2.05, 4.69) is 5.32 Å². The number of aliphatic hydroxyl groups excluding tert-OH is 1. The molecule has 0 aliphatic heterocycles. The molecule has 6 nitrogen and oxygen atoms in total. The van der Waals surface area contributed by atoms with Crippen molar-refractivity contribution in [2.24, 2.45) is 23.2 Å². The van der Waals surface area contributed by atoms with Gasteiger partial charge in [0.1, 0.15) is 6.54 Å². The molecule has 0 aromatic rings. The first-order chi connectivity index (χ1) is 11.0. The van der Waals surface area contributed by atoms with Gasteiger partial charge in [0.15, 0.2) is 0 Å². The van der Waals surface area contributed by atoms with Crippen molar-refractivity contribution in [2.45, 2.75) is 44.9 Å². The van der Waals surface area contributed by atoms with Gasteiger partial charge in [-0.05, 0) is 68.1 Å². The van der Waals surface area contributed by atoms with Crippen LogP contribution in [0.15, 0.2) is 0 Å². The van der Waals surface area contributed by atoms with Gasteiger partial charge in [0.05, 0.1) is 6.61 Å². The van der Waals surface area contributed by atoms with Crippen LogP contribution in [-0.4, -0.2) is 53.4 Å². The molecule has 0 unspecified atom stereocenters. The number of hydrogen-bond donors (Lipinski definition) is 3. The summed E-state index contributed by atoms with van der Waals surface area (Å²) in [5, 5.41) is 20.3. The zero-order valence-electron chi connectivity index (χ0n) is 13.7. The first-order valence-corrected chi connectivity index (χ1v) is 8.85. The molecule has 4 bridgehead atoms. The Labute approximate surface area is 137 Å². The Bertz CT molecular complexity index is 430. The Morgan fingerprint density at radius 1 is 1.04 bits per heavy atom. The van der Waals surface area contributed by atoms with E-state index in [-0.39, 0.29) is 25.7 Å². The van der Waals surface area contributed by atoms with Crippen LogP contribution in [0.4, 0.5) is 4.79 Å². The minimum Gasteiger partial charge on any atom is -0.480 e. The summed E-state index contributed by atoms with van der Waals surface area (Å²) < 4.78 is 0. The average molecular weight is 324 g/mol. The molecular formula is C17H28N2O4. The van der Waals surface area contributed by atoms with Crippen molar-refractivity contribution in [2.75, 3.05) is 26.2 Å². The number of carbonyl (C=O) groups excluding carboxylic acids is 1. The number of nitrogens with zero attached hydrogens (tertiary/aromatic N) is 1.